The smallest absolute Gasteiger partial charge is 0.123 e. The van der Waals surface area contributed by atoms with Crippen molar-refractivity contribution in [3.63, 3.8) is 0 Å². The first-order chi connectivity index (χ1) is 15.0. The van der Waals surface area contributed by atoms with Crippen molar-refractivity contribution in [2.75, 3.05) is 44.2 Å². The molecule has 2 saturated heterocycles. The highest BCUT2D eigenvalue weighted by atomic mass is 35.5. The Morgan fingerprint density at radius 2 is 1.81 bits per heavy atom. The van der Waals surface area contributed by atoms with Gasteiger partial charge in [0.05, 0.1) is 18.8 Å². The van der Waals surface area contributed by atoms with E-state index in [1.807, 2.05) is 24.3 Å². The number of benzene rings is 2. The van der Waals surface area contributed by atoms with Gasteiger partial charge >= 0.3 is 0 Å². The minimum atomic E-state index is -0.750. The van der Waals surface area contributed by atoms with Crippen LogP contribution in [0.5, 0.6) is 0 Å². The van der Waals surface area contributed by atoms with E-state index in [0.29, 0.717) is 18.1 Å². The van der Waals surface area contributed by atoms with Crippen LogP contribution in [0.15, 0.2) is 48.5 Å². The van der Waals surface area contributed by atoms with Crippen molar-refractivity contribution >= 4 is 17.3 Å². The number of rotatable bonds is 7. The quantitative estimate of drug-likeness (QED) is 0.599. The molecule has 2 heterocycles. The van der Waals surface area contributed by atoms with Crippen LogP contribution >= 0.6 is 11.6 Å². The Labute approximate surface area is 187 Å². The van der Waals surface area contributed by atoms with Crippen molar-refractivity contribution in [3.05, 3.63) is 64.9 Å². The van der Waals surface area contributed by atoms with Gasteiger partial charge in [0.1, 0.15) is 18.0 Å². The molecular formula is C23H29ClFN3O3. The number of nitrogens with zero attached hydrogens (tertiary/aromatic N) is 2. The first-order valence-corrected chi connectivity index (χ1v) is 11.1. The Morgan fingerprint density at radius 3 is 2.48 bits per heavy atom. The van der Waals surface area contributed by atoms with Gasteiger partial charge in [-0.25, -0.2) is 4.39 Å². The SMILES string of the molecule is OC[C@@H]1O[C@@H](CNCc2cccc(Cl)c2)[C@H](N2CCN(c3ccc(F)cc3)CC2)[C@@H]1O. The van der Waals surface area contributed by atoms with E-state index in [2.05, 4.69) is 15.1 Å². The van der Waals surface area contributed by atoms with Crippen LogP contribution in [0.25, 0.3) is 0 Å². The fourth-order valence-corrected chi connectivity index (χ4v) is 4.75. The van der Waals surface area contributed by atoms with Gasteiger partial charge in [-0.2, -0.15) is 0 Å². The van der Waals surface area contributed by atoms with E-state index in [0.717, 1.165) is 37.4 Å². The molecule has 8 heteroatoms. The Balaban J connectivity index is 1.36. The summed E-state index contributed by atoms with van der Waals surface area (Å²) in [5, 5.41) is 24.5. The van der Waals surface area contributed by atoms with E-state index in [1.54, 1.807) is 12.1 Å². The number of piperazine rings is 1. The normalized spacial score (nSPS) is 27.0. The van der Waals surface area contributed by atoms with E-state index in [-0.39, 0.29) is 24.6 Å². The largest absolute Gasteiger partial charge is 0.394 e. The number of aliphatic hydroxyl groups excluding tert-OH is 2. The molecule has 0 aromatic heterocycles. The third-order valence-corrected chi connectivity index (χ3v) is 6.37. The third kappa shape index (κ3) is 5.37. The van der Waals surface area contributed by atoms with Gasteiger partial charge in [0, 0.05) is 50.0 Å². The number of hydrogen-bond acceptors (Lipinski definition) is 6. The Bertz CT molecular complexity index is 848. The summed E-state index contributed by atoms with van der Waals surface area (Å²) in [4.78, 5) is 4.46. The molecule has 2 aliphatic rings. The van der Waals surface area contributed by atoms with Gasteiger partial charge in [-0.1, -0.05) is 23.7 Å². The van der Waals surface area contributed by atoms with Crippen LogP contribution in [-0.2, 0) is 11.3 Å². The maximum absolute atomic E-state index is 13.2. The maximum Gasteiger partial charge on any atom is 0.123 e. The number of nitrogens with one attached hydrogen (secondary N) is 1. The highest BCUT2D eigenvalue weighted by Crippen LogP contribution is 2.28. The first-order valence-electron chi connectivity index (χ1n) is 10.7. The molecule has 0 radical (unpaired) electrons. The molecule has 3 N–H and O–H groups in total. The summed E-state index contributed by atoms with van der Waals surface area (Å²) in [6.45, 7) is 4.06. The van der Waals surface area contributed by atoms with Crippen LogP contribution in [-0.4, -0.2) is 78.8 Å². The van der Waals surface area contributed by atoms with Crippen molar-refractivity contribution in [1.82, 2.24) is 10.2 Å². The first kappa shape index (κ1) is 22.5. The van der Waals surface area contributed by atoms with Gasteiger partial charge in [0.2, 0.25) is 0 Å². The second kappa shape index (κ2) is 10.3. The Kier molecular flexibility index (Phi) is 7.43. The molecule has 6 nitrogen and oxygen atoms in total. The molecule has 4 atom stereocenters. The van der Waals surface area contributed by atoms with Crippen LogP contribution in [0.3, 0.4) is 0 Å². The van der Waals surface area contributed by atoms with Crippen LogP contribution in [0.4, 0.5) is 10.1 Å². The van der Waals surface area contributed by atoms with E-state index in [1.165, 1.54) is 12.1 Å². The van der Waals surface area contributed by atoms with Crippen molar-refractivity contribution in [1.29, 1.82) is 0 Å². The lowest BCUT2D eigenvalue weighted by molar-refractivity contribution is -0.0213. The van der Waals surface area contributed by atoms with Gasteiger partial charge < -0.3 is 25.2 Å². The number of aliphatic hydroxyl groups is 2. The predicted octanol–water partition coefficient (Wildman–Crippen LogP) is 1.88. The second-order valence-corrected chi connectivity index (χ2v) is 8.57. The molecule has 2 aromatic carbocycles. The molecule has 31 heavy (non-hydrogen) atoms. The highest BCUT2D eigenvalue weighted by Gasteiger charge is 2.46. The molecule has 2 aromatic rings. The summed E-state index contributed by atoms with van der Waals surface area (Å²) in [6, 6.07) is 14.0. The summed E-state index contributed by atoms with van der Waals surface area (Å²) in [5.41, 5.74) is 2.08. The predicted molar refractivity (Wildman–Crippen MR) is 119 cm³/mol. The Morgan fingerprint density at radius 1 is 1.06 bits per heavy atom. The molecule has 168 valence electrons. The topological polar surface area (TPSA) is 68.2 Å². The Hall–Kier alpha value is -1.74. The lowest BCUT2D eigenvalue weighted by atomic mass is 10.0. The fraction of sp³-hybridized carbons (Fsp3) is 0.478. The van der Waals surface area contributed by atoms with Gasteiger partial charge in [-0.05, 0) is 42.0 Å². The second-order valence-electron chi connectivity index (χ2n) is 8.14. The minimum Gasteiger partial charge on any atom is -0.394 e. The molecular weight excluding hydrogens is 421 g/mol. The zero-order valence-corrected chi connectivity index (χ0v) is 18.1. The molecule has 0 amide bonds. The van der Waals surface area contributed by atoms with Crippen molar-refractivity contribution < 1.29 is 19.3 Å². The summed E-state index contributed by atoms with van der Waals surface area (Å²) in [7, 11) is 0. The average Bonchev–Trinajstić information content (AvgIpc) is 3.10. The summed E-state index contributed by atoms with van der Waals surface area (Å²) >= 11 is 6.05. The molecule has 4 rings (SSSR count). The molecule has 2 fully saturated rings. The number of ether oxygens (including phenoxy) is 1. The van der Waals surface area contributed by atoms with Crippen molar-refractivity contribution in [2.24, 2.45) is 0 Å². The third-order valence-electron chi connectivity index (χ3n) is 6.13. The molecule has 0 bridgehead atoms. The molecule has 0 saturated carbocycles. The van der Waals surface area contributed by atoms with Crippen LogP contribution < -0.4 is 10.2 Å². The fourth-order valence-electron chi connectivity index (χ4n) is 4.53. The van der Waals surface area contributed by atoms with Crippen LogP contribution in [0.1, 0.15) is 5.56 Å². The molecule has 0 aliphatic carbocycles. The van der Waals surface area contributed by atoms with Gasteiger partial charge in [-0.15, -0.1) is 0 Å². The number of anilines is 1. The summed E-state index contributed by atoms with van der Waals surface area (Å²) < 4.78 is 19.2. The highest BCUT2D eigenvalue weighted by molar-refractivity contribution is 6.30. The monoisotopic (exact) mass is 449 g/mol. The zero-order chi connectivity index (χ0) is 21.8. The van der Waals surface area contributed by atoms with Gasteiger partial charge in [-0.3, -0.25) is 4.90 Å². The molecule has 0 spiro atoms. The van der Waals surface area contributed by atoms with Crippen molar-refractivity contribution in [3.8, 4) is 0 Å². The van der Waals surface area contributed by atoms with E-state index < -0.39 is 12.2 Å². The van der Waals surface area contributed by atoms with E-state index in [9.17, 15) is 14.6 Å². The standard InChI is InChI=1S/C23H29ClFN3O3/c24-17-3-1-2-16(12-17)13-26-14-20-22(23(30)21(15-29)31-20)28-10-8-27(9-11-28)19-6-4-18(25)5-7-19/h1-7,12,20-23,26,29-30H,8-11,13-15H2/t20-,21-,22-,23+/m0/s1. The summed E-state index contributed by atoms with van der Waals surface area (Å²) in [5.74, 6) is -0.239. The number of halogens is 2. The van der Waals surface area contributed by atoms with Crippen molar-refractivity contribution in [2.45, 2.75) is 30.9 Å². The van der Waals surface area contributed by atoms with Crippen LogP contribution in [0, 0.1) is 5.82 Å². The lowest BCUT2D eigenvalue weighted by Gasteiger charge is -2.41. The average molecular weight is 450 g/mol. The minimum absolute atomic E-state index is 0.195. The van der Waals surface area contributed by atoms with Gasteiger partial charge in [0.25, 0.3) is 0 Å². The van der Waals surface area contributed by atoms with Gasteiger partial charge in [0.15, 0.2) is 0 Å². The molecule has 0 unspecified atom stereocenters. The van der Waals surface area contributed by atoms with E-state index in [4.69, 9.17) is 16.3 Å². The zero-order valence-electron chi connectivity index (χ0n) is 17.3. The van der Waals surface area contributed by atoms with Crippen LogP contribution in [0.2, 0.25) is 5.02 Å². The van der Waals surface area contributed by atoms with E-state index >= 15 is 0 Å². The molecule has 2 aliphatic heterocycles. The number of hydrogen-bond donors (Lipinski definition) is 3. The maximum atomic E-state index is 13.2. The lowest BCUT2D eigenvalue weighted by Crippen LogP contribution is -2.57. The summed E-state index contributed by atoms with van der Waals surface area (Å²) in [6.07, 6.45) is -1.57.